The number of nitrogens with one attached hydrogen (secondary N) is 1. The summed E-state index contributed by atoms with van der Waals surface area (Å²) in [7, 11) is 2.39. The largest absolute Gasteiger partial charge is 0.354 e. The Labute approximate surface area is 231 Å². The van der Waals surface area contributed by atoms with Crippen LogP contribution in [0.3, 0.4) is 0 Å². The summed E-state index contributed by atoms with van der Waals surface area (Å²) in [6, 6.07) is 40.1. The van der Waals surface area contributed by atoms with Gasteiger partial charge in [-0.1, -0.05) is 90.0 Å². The highest BCUT2D eigenvalue weighted by atomic mass is 32.2. The molecule has 1 aromatic heterocycles. The molecule has 0 atom stereocenters. The minimum absolute atomic E-state index is 1.18. The highest BCUT2D eigenvalue weighted by Gasteiger charge is 2.33. The van der Waals surface area contributed by atoms with Gasteiger partial charge in [-0.15, -0.1) is 0 Å². The van der Waals surface area contributed by atoms with Crippen molar-refractivity contribution in [1.82, 2.24) is 4.98 Å². The number of aromatic nitrogens is 1. The molecule has 4 heteroatoms. The standard InChI is InChI=1S/C35H22BN2S/c1-20-16-26(24-11-6-10-23-25-18-21-8-2-3-9-22(21)19-28(25)37-34(23)24)33-30(17-20)38-29-13-4-5-14-31(29)39-32-15-7-12-27(36-33)35(32)38/h2-19,37H,1H3. The maximum Gasteiger partial charge on any atom is 0.197 e. The molecule has 7 aromatic rings. The predicted octanol–water partition coefficient (Wildman–Crippen LogP) is 8.35. The van der Waals surface area contributed by atoms with Crippen LogP contribution in [0.1, 0.15) is 5.56 Å². The summed E-state index contributed by atoms with van der Waals surface area (Å²) >= 11 is 1.87. The van der Waals surface area contributed by atoms with Gasteiger partial charge in [-0.25, -0.2) is 0 Å². The highest BCUT2D eigenvalue weighted by Crippen LogP contribution is 2.51. The predicted molar refractivity (Wildman–Crippen MR) is 167 cm³/mol. The summed E-state index contributed by atoms with van der Waals surface area (Å²) in [5.74, 6) is 0. The molecule has 2 aliphatic heterocycles. The lowest BCUT2D eigenvalue weighted by Gasteiger charge is -2.39. The average Bonchev–Trinajstić information content (AvgIpc) is 3.33. The van der Waals surface area contributed by atoms with Gasteiger partial charge in [0, 0.05) is 37.3 Å². The number of para-hydroxylation sites is 3. The van der Waals surface area contributed by atoms with E-state index in [-0.39, 0.29) is 0 Å². The Morgan fingerprint density at radius 3 is 2.38 bits per heavy atom. The van der Waals surface area contributed by atoms with Crippen LogP contribution in [-0.4, -0.2) is 12.3 Å². The van der Waals surface area contributed by atoms with E-state index in [1.807, 2.05) is 11.8 Å². The summed E-state index contributed by atoms with van der Waals surface area (Å²) in [4.78, 5) is 8.90. The zero-order valence-electron chi connectivity index (χ0n) is 21.3. The number of hydrogen-bond acceptors (Lipinski definition) is 2. The molecule has 1 N–H and O–H groups in total. The first-order valence-electron chi connectivity index (χ1n) is 13.4. The van der Waals surface area contributed by atoms with Crippen LogP contribution < -0.4 is 15.8 Å². The van der Waals surface area contributed by atoms with Crippen LogP contribution in [0.25, 0.3) is 43.7 Å². The summed E-state index contributed by atoms with van der Waals surface area (Å²) in [6.45, 7) is 2.22. The van der Waals surface area contributed by atoms with Crippen molar-refractivity contribution in [2.45, 2.75) is 16.7 Å². The number of H-pyrrole nitrogens is 1. The fourth-order valence-electron chi connectivity index (χ4n) is 6.53. The van der Waals surface area contributed by atoms with Crippen molar-refractivity contribution in [2.75, 3.05) is 4.90 Å². The Morgan fingerprint density at radius 2 is 1.46 bits per heavy atom. The van der Waals surface area contributed by atoms with Gasteiger partial charge < -0.3 is 9.88 Å². The van der Waals surface area contributed by atoms with E-state index in [0.717, 1.165) is 0 Å². The van der Waals surface area contributed by atoms with E-state index in [1.165, 1.54) is 87.0 Å². The lowest BCUT2D eigenvalue weighted by Crippen LogP contribution is -2.42. The molecular weight excluding hydrogens is 491 g/mol. The highest BCUT2D eigenvalue weighted by molar-refractivity contribution is 7.99. The van der Waals surface area contributed by atoms with Gasteiger partial charge in [-0.3, -0.25) is 0 Å². The van der Waals surface area contributed by atoms with Crippen molar-refractivity contribution in [2.24, 2.45) is 0 Å². The number of benzene rings is 6. The molecule has 0 bridgehead atoms. The van der Waals surface area contributed by atoms with E-state index in [1.54, 1.807) is 0 Å². The Bertz CT molecular complexity index is 2160. The quantitative estimate of drug-likeness (QED) is 0.223. The molecule has 3 heterocycles. The minimum atomic E-state index is 1.18. The zero-order chi connectivity index (χ0) is 25.7. The van der Waals surface area contributed by atoms with Gasteiger partial charge in [-0.2, -0.15) is 0 Å². The molecule has 0 spiro atoms. The van der Waals surface area contributed by atoms with E-state index >= 15 is 0 Å². The topological polar surface area (TPSA) is 19.0 Å². The van der Waals surface area contributed by atoms with Crippen LogP contribution in [-0.2, 0) is 0 Å². The number of fused-ring (bicyclic) bond motifs is 8. The Hall–Kier alpha value is -4.41. The normalized spacial score (nSPS) is 13.3. The molecule has 0 aliphatic carbocycles. The molecule has 9 rings (SSSR count). The van der Waals surface area contributed by atoms with Gasteiger partial charge in [0.25, 0.3) is 0 Å². The second-order valence-electron chi connectivity index (χ2n) is 10.6. The third kappa shape index (κ3) is 3.01. The lowest BCUT2D eigenvalue weighted by atomic mass is 9.58. The molecule has 1 radical (unpaired) electrons. The van der Waals surface area contributed by atoms with E-state index in [2.05, 4.69) is 133 Å². The van der Waals surface area contributed by atoms with E-state index in [0.29, 0.717) is 0 Å². The van der Waals surface area contributed by atoms with Gasteiger partial charge in [0.05, 0.1) is 16.9 Å². The number of hydrogen-bond donors (Lipinski definition) is 1. The van der Waals surface area contributed by atoms with Gasteiger partial charge in [-0.05, 0) is 70.7 Å². The molecule has 0 fully saturated rings. The number of nitrogens with zero attached hydrogens (tertiary/aromatic N) is 1. The molecule has 0 amide bonds. The summed E-state index contributed by atoms with van der Waals surface area (Å²) < 4.78 is 0. The van der Waals surface area contributed by atoms with Crippen molar-refractivity contribution in [3.8, 4) is 11.1 Å². The second-order valence-corrected chi connectivity index (χ2v) is 11.7. The first kappa shape index (κ1) is 21.5. The van der Waals surface area contributed by atoms with Crippen molar-refractivity contribution in [3.63, 3.8) is 0 Å². The first-order valence-corrected chi connectivity index (χ1v) is 14.2. The van der Waals surface area contributed by atoms with Gasteiger partial charge >= 0.3 is 0 Å². The summed E-state index contributed by atoms with van der Waals surface area (Å²) in [6.07, 6.45) is 0. The number of rotatable bonds is 1. The molecule has 2 nitrogen and oxygen atoms in total. The lowest BCUT2D eigenvalue weighted by molar-refractivity contribution is 1.17. The third-order valence-corrected chi connectivity index (χ3v) is 9.33. The van der Waals surface area contributed by atoms with E-state index in [9.17, 15) is 0 Å². The van der Waals surface area contributed by atoms with Crippen LogP contribution in [0.2, 0.25) is 0 Å². The fourth-order valence-corrected chi connectivity index (χ4v) is 7.63. The van der Waals surface area contributed by atoms with Crippen LogP contribution in [0.15, 0.2) is 119 Å². The van der Waals surface area contributed by atoms with Crippen LogP contribution in [0.4, 0.5) is 17.1 Å². The van der Waals surface area contributed by atoms with Gasteiger partial charge in [0.15, 0.2) is 7.28 Å². The van der Waals surface area contributed by atoms with Gasteiger partial charge in [0.1, 0.15) is 0 Å². The second kappa shape index (κ2) is 7.81. The molecule has 0 unspecified atom stereocenters. The van der Waals surface area contributed by atoms with E-state index < -0.39 is 0 Å². The Morgan fingerprint density at radius 1 is 0.667 bits per heavy atom. The fraction of sp³-hybridized carbons (Fsp3) is 0.0286. The smallest absolute Gasteiger partial charge is 0.197 e. The van der Waals surface area contributed by atoms with Crippen LogP contribution in [0.5, 0.6) is 0 Å². The van der Waals surface area contributed by atoms with Crippen LogP contribution in [0, 0.1) is 6.92 Å². The SMILES string of the molecule is Cc1cc(-c2cccc3c2[nH]c2cc4ccccc4cc23)c2c(c1)N1c3ccccc3Sc3cccc(c31)[B]2. The summed E-state index contributed by atoms with van der Waals surface area (Å²) in [5, 5.41) is 5.06. The molecule has 2 aliphatic rings. The molecule has 6 aromatic carbocycles. The first-order chi connectivity index (χ1) is 19.2. The Kier molecular flexibility index (Phi) is 4.31. The number of aromatic amines is 1. The maximum absolute atomic E-state index is 3.81. The number of aryl methyl sites for hydroxylation is 1. The zero-order valence-corrected chi connectivity index (χ0v) is 22.1. The molecule has 0 saturated heterocycles. The van der Waals surface area contributed by atoms with E-state index in [4.69, 9.17) is 0 Å². The van der Waals surface area contributed by atoms with Crippen molar-refractivity contribution in [1.29, 1.82) is 0 Å². The Balaban J connectivity index is 1.34. The summed E-state index contributed by atoms with van der Waals surface area (Å²) in [5.41, 5.74) is 12.5. The third-order valence-electron chi connectivity index (χ3n) is 8.21. The molecular formula is C35H22BN2S. The molecule has 0 saturated carbocycles. The minimum Gasteiger partial charge on any atom is -0.354 e. The monoisotopic (exact) mass is 513 g/mol. The van der Waals surface area contributed by atoms with Crippen molar-refractivity contribution < 1.29 is 0 Å². The number of anilines is 3. The van der Waals surface area contributed by atoms with Crippen LogP contribution >= 0.6 is 11.8 Å². The van der Waals surface area contributed by atoms with Crippen molar-refractivity contribution >= 4 is 79.6 Å². The van der Waals surface area contributed by atoms with Gasteiger partial charge in [0.2, 0.25) is 0 Å². The van der Waals surface area contributed by atoms with Crippen molar-refractivity contribution in [3.05, 3.63) is 115 Å². The maximum atomic E-state index is 3.81. The molecule has 181 valence electrons. The molecule has 39 heavy (non-hydrogen) atoms. The average molecular weight is 513 g/mol.